The summed E-state index contributed by atoms with van der Waals surface area (Å²) in [5.41, 5.74) is 4.92. The van der Waals surface area contributed by atoms with Crippen molar-refractivity contribution >= 4 is 5.82 Å². The van der Waals surface area contributed by atoms with Crippen molar-refractivity contribution in [3.8, 4) is 0 Å². The van der Waals surface area contributed by atoms with Gasteiger partial charge >= 0.3 is 5.69 Å². The number of aliphatic hydroxyl groups is 3. The number of nitrogen functional groups attached to an aromatic ring is 1. The third-order valence-electron chi connectivity index (χ3n) is 2.80. The van der Waals surface area contributed by atoms with E-state index >= 15 is 0 Å². The van der Waals surface area contributed by atoms with Crippen molar-refractivity contribution in [3.05, 3.63) is 16.2 Å². The summed E-state index contributed by atoms with van der Waals surface area (Å²) in [5, 5.41) is 32.1. The van der Waals surface area contributed by atoms with Crippen LogP contribution in [0.25, 0.3) is 0 Å². The maximum absolute atomic E-state index is 11.6. The Labute approximate surface area is 101 Å². The third-order valence-corrected chi connectivity index (χ3v) is 2.80. The Bertz CT molecular complexity index is 504. The molecule has 5 N–H and O–H groups in total. The van der Waals surface area contributed by atoms with E-state index in [0.717, 1.165) is 4.68 Å². The van der Waals surface area contributed by atoms with Crippen molar-refractivity contribution < 1.29 is 20.1 Å². The van der Waals surface area contributed by atoms with E-state index in [1.54, 1.807) is 6.92 Å². The average Bonchev–Trinajstić information content (AvgIpc) is 2.61. The van der Waals surface area contributed by atoms with Crippen LogP contribution in [-0.4, -0.2) is 55.0 Å². The number of anilines is 1. The summed E-state index contributed by atoms with van der Waals surface area (Å²) in [5.74, 6) is -0.0111. The number of nitrogens with two attached hydrogens (primary N) is 1. The van der Waals surface area contributed by atoms with Gasteiger partial charge in [-0.2, -0.15) is 14.8 Å². The van der Waals surface area contributed by atoms with E-state index < -0.39 is 36.8 Å². The van der Waals surface area contributed by atoms with Crippen LogP contribution in [0.1, 0.15) is 11.9 Å². The van der Waals surface area contributed by atoms with E-state index in [-0.39, 0.29) is 5.82 Å². The minimum absolute atomic E-state index is 0.0111. The Morgan fingerprint density at radius 3 is 2.67 bits per heavy atom. The van der Waals surface area contributed by atoms with E-state index in [2.05, 4.69) is 10.1 Å². The van der Waals surface area contributed by atoms with Gasteiger partial charge in [-0.1, -0.05) is 0 Å². The molecule has 2 rings (SSSR count). The molecule has 1 fully saturated rings. The van der Waals surface area contributed by atoms with Gasteiger partial charge in [-0.05, 0) is 6.92 Å². The standard InChI is InChI=1S/C9H14N4O5/c1-3-7(10)11-9(17)13(12-3)8-6(16)5(15)4(2-14)18-8/h4-6,8,14-16H,2H2,1H3,(H2,10,11,17)/t4-,5?,6?,8-/m1/s1. The summed E-state index contributed by atoms with van der Waals surface area (Å²) < 4.78 is 5.97. The zero-order valence-corrected chi connectivity index (χ0v) is 9.59. The van der Waals surface area contributed by atoms with Gasteiger partial charge in [0.05, 0.1) is 6.61 Å². The van der Waals surface area contributed by atoms with Crippen LogP contribution in [0.3, 0.4) is 0 Å². The highest BCUT2D eigenvalue weighted by Crippen LogP contribution is 2.27. The largest absolute Gasteiger partial charge is 0.394 e. The smallest absolute Gasteiger partial charge is 0.368 e. The molecule has 0 saturated carbocycles. The van der Waals surface area contributed by atoms with E-state index in [1.165, 1.54) is 0 Å². The van der Waals surface area contributed by atoms with Crippen molar-refractivity contribution in [1.82, 2.24) is 14.8 Å². The van der Waals surface area contributed by atoms with Crippen LogP contribution >= 0.6 is 0 Å². The monoisotopic (exact) mass is 258 g/mol. The molecular formula is C9H14N4O5. The van der Waals surface area contributed by atoms with E-state index in [1.807, 2.05) is 0 Å². The van der Waals surface area contributed by atoms with Crippen LogP contribution in [0.4, 0.5) is 5.82 Å². The molecule has 100 valence electrons. The number of rotatable bonds is 2. The van der Waals surface area contributed by atoms with Gasteiger partial charge in [0.2, 0.25) is 0 Å². The number of ether oxygens (including phenoxy) is 1. The maximum Gasteiger partial charge on any atom is 0.368 e. The number of hydrogen-bond donors (Lipinski definition) is 4. The molecule has 0 amide bonds. The lowest BCUT2D eigenvalue weighted by Gasteiger charge is -2.16. The molecule has 0 aliphatic carbocycles. The highest BCUT2D eigenvalue weighted by molar-refractivity contribution is 5.30. The van der Waals surface area contributed by atoms with Crippen LogP contribution in [0.2, 0.25) is 0 Å². The molecule has 4 atom stereocenters. The minimum Gasteiger partial charge on any atom is -0.394 e. The minimum atomic E-state index is -1.38. The predicted octanol–water partition coefficient (Wildman–Crippen LogP) is -2.86. The number of aromatic nitrogens is 3. The second-order valence-electron chi connectivity index (χ2n) is 4.04. The summed E-state index contributed by atoms with van der Waals surface area (Å²) in [6.45, 7) is 1.06. The number of aliphatic hydroxyl groups excluding tert-OH is 3. The summed E-state index contributed by atoms with van der Waals surface area (Å²) in [6, 6.07) is 0. The highest BCUT2D eigenvalue weighted by atomic mass is 16.6. The first kappa shape index (κ1) is 12.9. The second kappa shape index (κ2) is 4.61. The molecule has 9 heteroatoms. The molecule has 1 aliphatic heterocycles. The van der Waals surface area contributed by atoms with Gasteiger partial charge in [0.15, 0.2) is 12.0 Å². The van der Waals surface area contributed by atoms with Crippen LogP contribution in [0.5, 0.6) is 0 Å². The van der Waals surface area contributed by atoms with Gasteiger partial charge in [0.25, 0.3) is 0 Å². The highest BCUT2D eigenvalue weighted by Gasteiger charge is 2.44. The van der Waals surface area contributed by atoms with Gasteiger partial charge < -0.3 is 25.8 Å². The Balaban J connectivity index is 2.39. The molecule has 1 aromatic rings. The number of hydrogen-bond acceptors (Lipinski definition) is 8. The van der Waals surface area contributed by atoms with E-state index in [9.17, 15) is 15.0 Å². The van der Waals surface area contributed by atoms with E-state index in [4.69, 9.17) is 15.6 Å². The summed E-state index contributed by atoms with van der Waals surface area (Å²) in [6.07, 6.45) is -4.85. The van der Waals surface area contributed by atoms with Crippen molar-refractivity contribution in [2.45, 2.75) is 31.5 Å². The quantitative estimate of drug-likeness (QED) is 0.443. The van der Waals surface area contributed by atoms with Crippen LogP contribution in [0.15, 0.2) is 4.79 Å². The Kier molecular flexibility index (Phi) is 3.30. The Morgan fingerprint density at radius 1 is 1.44 bits per heavy atom. The fraction of sp³-hybridized carbons (Fsp3) is 0.667. The van der Waals surface area contributed by atoms with Crippen LogP contribution < -0.4 is 11.4 Å². The SMILES string of the molecule is Cc1nn([C@@H]2O[C@H](CO)C(O)C2O)c(=O)nc1N. The second-order valence-corrected chi connectivity index (χ2v) is 4.04. The maximum atomic E-state index is 11.6. The van der Waals surface area contributed by atoms with Gasteiger partial charge in [0, 0.05) is 0 Å². The third kappa shape index (κ3) is 1.97. The summed E-state index contributed by atoms with van der Waals surface area (Å²) in [7, 11) is 0. The van der Waals surface area contributed by atoms with Crippen molar-refractivity contribution in [3.63, 3.8) is 0 Å². The van der Waals surface area contributed by atoms with Gasteiger partial charge in [-0.3, -0.25) is 0 Å². The fourth-order valence-corrected chi connectivity index (χ4v) is 1.74. The molecule has 0 bridgehead atoms. The van der Waals surface area contributed by atoms with Gasteiger partial charge in [-0.25, -0.2) is 4.79 Å². The first-order chi connectivity index (χ1) is 8.45. The molecular weight excluding hydrogens is 244 g/mol. The lowest BCUT2D eigenvalue weighted by molar-refractivity contribution is -0.0618. The normalized spacial score (nSPS) is 31.8. The van der Waals surface area contributed by atoms with Crippen molar-refractivity contribution in [2.75, 3.05) is 12.3 Å². The molecule has 0 spiro atoms. The van der Waals surface area contributed by atoms with Gasteiger partial charge in [-0.15, -0.1) is 0 Å². The molecule has 1 saturated heterocycles. The lowest BCUT2D eigenvalue weighted by Crippen LogP contribution is -2.38. The molecule has 1 aliphatic rings. The first-order valence-electron chi connectivity index (χ1n) is 5.31. The van der Waals surface area contributed by atoms with E-state index in [0.29, 0.717) is 5.69 Å². The zero-order valence-electron chi connectivity index (χ0n) is 9.59. The summed E-state index contributed by atoms with van der Waals surface area (Å²) >= 11 is 0. The predicted molar refractivity (Wildman–Crippen MR) is 58.5 cm³/mol. The van der Waals surface area contributed by atoms with Crippen molar-refractivity contribution in [2.24, 2.45) is 0 Å². The van der Waals surface area contributed by atoms with Gasteiger partial charge in [0.1, 0.15) is 24.0 Å². The zero-order chi connectivity index (χ0) is 13.4. The van der Waals surface area contributed by atoms with Crippen LogP contribution in [0, 0.1) is 6.92 Å². The average molecular weight is 258 g/mol. The van der Waals surface area contributed by atoms with Crippen molar-refractivity contribution in [1.29, 1.82) is 0 Å². The first-order valence-corrected chi connectivity index (χ1v) is 5.31. The molecule has 1 aromatic heterocycles. The molecule has 2 heterocycles. The Hall–Kier alpha value is -1.55. The van der Waals surface area contributed by atoms with Crippen LogP contribution in [-0.2, 0) is 4.74 Å². The summed E-state index contributed by atoms with van der Waals surface area (Å²) in [4.78, 5) is 15.1. The molecule has 18 heavy (non-hydrogen) atoms. The fourth-order valence-electron chi connectivity index (χ4n) is 1.74. The molecule has 9 nitrogen and oxygen atoms in total. The molecule has 0 radical (unpaired) electrons. The molecule has 0 aromatic carbocycles. The molecule has 2 unspecified atom stereocenters. The number of nitrogens with zero attached hydrogens (tertiary/aromatic N) is 3. The topological polar surface area (TPSA) is 144 Å². The number of aryl methyl sites for hydroxylation is 1. The lowest BCUT2D eigenvalue weighted by atomic mass is 10.1. The Morgan fingerprint density at radius 2 is 2.11 bits per heavy atom.